The standard InChI is InChI=1S/C11H17BrN2O2S.ClH/c1-9-8-10(4-5-11(9)12)17(15,16)14(3)7-6-13-2;/h4-5,8,13H,6-7H2,1-3H3;1H. The van der Waals surface area contributed by atoms with Crippen LogP contribution in [0.2, 0.25) is 0 Å². The fourth-order valence-corrected chi connectivity index (χ4v) is 2.85. The van der Waals surface area contributed by atoms with E-state index < -0.39 is 10.0 Å². The topological polar surface area (TPSA) is 49.4 Å². The zero-order valence-electron chi connectivity index (χ0n) is 10.6. The van der Waals surface area contributed by atoms with Crippen molar-refractivity contribution in [3.63, 3.8) is 0 Å². The Balaban J connectivity index is 0.00000289. The lowest BCUT2D eigenvalue weighted by molar-refractivity contribution is 0.466. The lowest BCUT2D eigenvalue weighted by Crippen LogP contribution is -2.32. The van der Waals surface area contributed by atoms with Crippen LogP contribution in [0.1, 0.15) is 5.56 Å². The van der Waals surface area contributed by atoms with E-state index in [0.717, 1.165) is 10.0 Å². The Kier molecular flexibility index (Phi) is 7.39. The van der Waals surface area contributed by atoms with E-state index >= 15 is 0 Å². The van der Waals surface area contributed by atoms with Gasteiger partial charge < -0.3 is 5.32 Å². The summed E-state index contributed by atoms with van der Waals surface area (Å²) in [6, 6.07) is 5.05. The molecule has 0 fully saturated rings. The first-order chi connectivity index (χ1) is 7.89. The molecule has 0 aliphatic rings. The number of sulfonamides is 1. The summed E-state index contributed by atoms with van der Waals surface area (Å²) >= 11 is 3.36. The van der Waals surface area contributed by atoms with Gasteiger partial charge in [0.2, 0.25) is 10.0 Å². The summed E-state index contributed by atoms with van der Waals surface area (Å²) in [5.74, 6) is 0. The van der Waals surface area contributed by atoms with Crippen molar-refractivity contribution in [3.8, 4) is 0 Å². The Morgan fingerprint density at radius 2 is 2.00 bits per heavy atom. The van der Waals surface area contributed by atoms with Gasteiger partial charge in [-0.25, -0.2) is 8.42 Å². The minimum atomic E-state index is -3.38. The van der Waals surface area contributed by atoms with Gasteiger partial charge in [0.1, 0.15) is 0 Å². The molecular formula is C11H18BrClN2O2S. The molecule has 0 radical (unpaired) electrons. The van der Waals surface area contributed by atoms with Gasteiger partial charge in [0.15, 0.2) is 0 Å². The normalized spacial score (nSPS) is 11.4. The van der Waals surface area contributed by atoms with Crippen LogP contribution in [0, 0.1) is 6.92 Å². The molecule has 1 rings (SSSR count). The maximum atomic E-state index is 12.2. The highest BCUT2D eigenvalue weighted by Gasteiger charge is 2.20. The second-order valence-corrected chi connectivity index (χ2v) is 6.74. The van der Waals surface area contributed by atoms with E-state index in [2.05, 4.69) is 21.2 Å². The van der Waals surface area contributed by atoms with E-state index in [4.69, 9.17) is 0 Å². The Hall–Kier alpha value is -0.140. The molecule has 0 atom stereocenters. The van der Waals surface area contributed by atoms with Crippen molar-refractivity contribution < 1.29 is 8.42 Å². The van der Waals surface area contributed by atoms with Crippen molar-refractivity contribution >= 4 is 38.4 Å². The molecule has 0 bridgehead atoms. The smallest absolute Gasteiger partial charge is 0.242 e. The van der Waals surface area contributed by atoms with Gasteiger partial charge in [-0.1, -0.05) is 15.9 Å². The van der Waals surface area contributed by atoms with Crippen molar-refractivity contribution in [1.82, 2.24) is 9.62 Å². The molecule has 1 N–H and O–H groups in total. The first-order valence-corrected chi connectivity index (χ1v) is 7.50. The quantitative estimate of drug-likeness (QED) is 0.877. The molecule has 7 heteroatoms. The molecule has 0 spiro atoms. The summed E-state index contributed by atoms with van der Waals surface area (Å²) in [5.41, 5.74) is 0.910. The molecule has 0 aromatic heterocycles. The SMILES string of the molecule is CNCCN(C)S(=O)(=O)c1ccc(Br)c(C)c1.Cl. The second kappa shape index (κ2) is 7.45. The van der Waals surface area contributed by atoms with E-state index in [0.29, 0.717) is 18.0 Å². The van der Waals surface area contributed by atoms with Crippen LogP contribution in [0.4, 0.5) is 0 Å². The average molecular weight is 358 g/mol. The molecule has 0 aliphatic carbocycles. The zero-order valence-corrected chi connectivity index (χ0v) is 13.8. The number of rotatable bonds is 5. The Morgan fingerprint density at radius 3 is 2.50 bits per heavy atom. The number of hydrogen-bond acceptors (Lipinski definition) is 3. The zero-order chi connectivity index (χ0) is 13.1. The Bertz CT molecular complexity index is 494. The molecule has 0 saturated carbocycles. The minimum Gasteiger partial charge on any atom is -0.318 e. The summed E-state index contributed by atoms with van der Waals surface area (Å²) in [5, 5.41) is 2.93. The summed E-state index contributed by atoms with van der Waals surface area (Å²) in [6.07, 6.45) is 0. The summed E-state index contributed by atoms with van der Waals surface area (Å²) in [6.45, 7) is 2.95. The van der Waals surface area contributed by atoms with Crippen molar-refractivity contribution in [2.45, 2.75) is 11.8 Å². The molecule has 0 amide bonds. The molecule has 0 heterocycles. The lowest BCUT2D eigenvalue weighted by atomic mass is 10.2. The van der Waals surface area contributed by atoms with Gasteiger partial charge in [0, 0.05) is 24.6 Å². The fourth-order valence-electron chi connectivity index (χ4n) is 1.35. The third-order valence-electron chi connectivity index (χ3n) is 2.51. The Morgan fingerprint density at radius 1 is 1.39 bits per heavy atom. The first kappa shape index (κ1) is 17.9. The monoisotopic (exact) mass is 356 g/mol. The maximum Gasteiger partial charge on any atom is 0.242 e. The van der Waals surface area contributed by atoms with Gasteiger partial charge in [0.05, 0.1) is 4.90 Å². The van der Waals surface area contributed by atoms with E-state index in [1.54, 1.807) is 32.3 Å². The highest BCUT2D eigenvalue weighted by atomic mass is 79.9. The number of likely N-dealkylation sites (N-methyl/N-ethyl adjacent to an activating group) is 2. The average Bonchev–Trinajstić information content (AvgIpc) is 2.29. The van der Waals surface area contributed by atoms with Crippen LogP contribution in [0.5, 0.6) is 0 Å². The van der Waals surface area contributed by atoms with Crippen LogP contribution >= 0.6 is 28.3 Å². The largest absolute Gasteiger partial charge is 0.318 e. The van der Waals surface area contributed by atoms with Crippen LogP contribution in [-0.2, 0) is 10.0 Å². The van der Waals surface area contributed by atoms with Gasteiger partial charge in [0.25, 0.3) is 0 Å². The summed E-state index contributed by atoms with van der Waals surface area (Å²) in [4.78, 5) is 0.330. The summed E-state index contributed by atoms with van der Waals surface area (Å²) in [7, 11) is 0.00524. The molecular weight excluding hydrogens is 340 g/mol. The van der Waals surface area contributed by atoms with Crippen molar-refractivity contribution in [2.24, 2.45) is 0 Å². The van der Waals surface area contributed by atoms with Crippen molar-refractivity contribution in [1.29, 1.82) is 0 Å². The first-order valence-electron chi connectivity index (χ1n) is 5.26. The predicted octanol–water partition coefficient (Wildman–Crippen LogP) is 2.02. The second-order valence-electron chi connectivity index (χ2n) is 3.84. The molecule has 1 aromatic carbocycles. The predicted molar refractivity (Wildman–Crippen MR) is 79.9 cm³/mol. The molecule has 18 heavy (non-hydrogen) atoms. The molecule has 4 nitrogen and oxygen atoms in total. The van der Waals surface area contributed by atoms with Gasteiger partial charge >= 0.3 is 0 Å². The summed E-state index contributed by atoms with van der Waals surface area (Å²) < 4.78 is 26.6. The van der Waals surface area contributed by atoms with E-state index in [9.17, 15) is 8.42 Å². The van der Waals surface area contributed by atoms with Crippen LogP contribution in [0.15, 0.2) is 27.6 Å². The third-order valence-corrected chi connectivity index (χ3v) is 5.26. The van der Waals surface area contributed by atoms with Crippen LogP contribution in [0.25, 0.3) is 0 Å². The number of aryl methyl sites for hydroxylation is 1. The highest BCUT2D eigenvalue weighted by molar-refractivity contribution is 9.10. The maximum absolute atomic E-state index is 12.2. The van der Waals surface area contributed by atoms with E-state index in [-0.39, 0.29) is 12.4 Å². The molecule has 104 valence electrons. The van der Waals surface area contributed by atoms with Gasteiger partial charge in [-0.15, -0.1) is 12.4 Å². The number of hydrogen-bond donors (Lipinski definition) is 1. The number of nitrogens with zero attached hydrogens (tertiary/aromatic N) is 1. The van der Waals surface area contributed by atoms with Crippen LogP contribution in [0.3, 0.4) is 0 Å². The number of benzene rings is 1. The fraction of sp³-hybridized carbons (Fsp3) is 0.455. The number of halogens is 2. The minimum absolute atomic E-state index is 0. The molecule has 0 aliphatic heterocycles. The highest BCUT2D eigenvalue weighted by Crippen LogP contribution is 2.21. The van der Waals surface area contributed by atoms with Gasteiger partial charge in [-0.05, 0) is 37.7 Å². The number of nitrogens with one attached hydrogen (secondary N) is 1. The molecule has 0 saturated heterocycles. The Labute approximate surface area is 123 Å². The molecule has 0 unspecified atom stereocenters. The molecule has 1 aromatic rings. The van der Waals surface area contributed by atoms with Crippen LogP contribution < -0.4 is 5.32 Å². The van der Waals surface area contributed by atoms with Crippen molar-refractivity contribution in [2.75, 3.05) is 27.2 Å². The van der Waals surface area contributed by atoms with Crippen LogP contribution in [-0.4, -0.2) is 39.9 Å². The third kappa shape index (κ3) is 4.20. The van der Waals surface area contributed by atoms with Gasteiger partial charge in [-0.3, -0.25) is 0 Å². The van der Waals surface area contributed by atoms with E-state index in [1.807, 2.05) is 6.92 Å². The lowest BCUT2D eigenvalue weighted by Gasteiger charge is -2.17. The van der Waals surface area contributed by atoms with E-state index in [1.165, 1.54) is 4.31 Å². The van der Waals surface area contributed by atoms with Crippen molar-refractivity contribution in [3.05, 3.63) is 28.2 Å². The van der Waals surface area contributed by atoms with Gasteiger partial charge in [-0.2, -0.15) is 4.31 Å².